The molecule has 4 heteroatoms. The molecule has 2 aromatic rings. The van der Waals surface area contributed by atoms with Crippen molar-refractivity contribution in [3.8, 4) is 11.3 Å². The summed E-state index contributed by atoms with van der Waals surface area (Å²) >= 11 is 3.63. The van der Waals surface area contributed by atoms with Gasteiger partial charge in [-0.1, -0.05) is 29.8 Å². The Morgan fingerprint density at radius 3 is 2.37 bits per heavy atom. The molecule has 0 bridgehead atoms. The molecule has 1 aromatic heterocycles. The highest BCUT2D eigenvalue weighted by Gasteiger charge is 2.22. The minimum atomic E-state index is -0.204. The summed E-state index contributed by atoms with van der Waals surface area (Å²) in [6.45, 7) is 2.04. The Balaban J connectivity index is 1.94. The summed E-state index contributed by atoms with van der Waals surface area (Å²) in [5, 5.41) is 0. The van der Waals surface area contributed by atoms with Crippen molar-refractivity contribution in [3.63, 3.8) is 0 Å². The molecule has 1 aromatic carbocycles. The molecule has 0 aliphatic carbocycles. The lowest BCUT2D eigenvalue weighted by Gasteiger charge is -2.07. The van der Waals surface area contributed by atoms with Crippen molar-refractivity contribution in [2.75, 3.05) is 11.5 Å². The quantitative estimate of drug-likeness (QED) is 0.833. The minimum Gasteiger partial charge on any atom is -0.422 e. The van der Waals surface area contributed by atoms with Crippen molar-refractivity contribution in [2.45, 2.75) is 11.5 Å². The fourth-order valence-electron chi connectivity index (χ4n) is 2.01. The summed E-state index contributed by atoms with van der Waals surface area (Å²) in [5.74, 6) is 2.85. The van der Waals surface area contributed by atoms with Crippen LogP contribution in [0.3, 0.4) is 0 Å². The lowest BCUT2D eigenvalue weighted by Crippen LogP contribution is -2.07. The van der Waals surface area contributed by atoms with Crippen LogP contribution in [-0.2, 0) is 0 Å². The van der Waals surface area contributed by atoms with Gasteiger partial charge < -0.3 is 4.42 Å². The standard InChI is InChI=1S/C15H14O2S2/c1-10-2-4-11(5-3-10)13-7-6-12(14(16)17-13)15-18-8-9-19-15/h2-7,15H,8-9H2,1H3. The average molecular weight is 290 g/mol. The van der Waals surface area contributed by atoms with Crippen molar-refractivity contribution in [1.82, 2.24) is 0 Å². The molecule has 0 spiro atoms. The third-order valence-electron chi connectivity index (χ3n) is 3.06. The van der Waals surface area contributed by atoms with Crippen LogP contribution in [-0.4, -0.2) is 11.5 Å². The second-order valence-corrected chi connectivity index (χ2v) is 7.21. The van der Waals surface area contributed by atoms with Crippen molar-refractivity contribution in [3.05, 3.63) is 57.9 Å². The summed E-state index contributed by atoms with van der Waals surface area (Å²) in [6.07, 6.45) is 0. The number of thioether (sulfide) groups is 2. The molecule has 98 valence electrons. The molecule has 1 fully saturated rings. The normalized spacial score (nSPS) is 15.8. The van der Waals surface area contributed by atoms with E-state index in [4.69, 9.17) is 4.42 Å². The zero-order chi connectivity index (χ0) is 13.2. The maximum atomic E-state index is 12.1. The molecule has 1 aliphatic heterocycles. The first-order chi connectivity index (χ1) is 9.24. The largest absolute Gasteiger partial charge is 0.422 e. The molecule has 3 rings (SSSR count). The lowest BCUT2D eigenvalue weighted by atomic mass is 10.1. The van der Waals surface area contributed by atoms with Crippen LogP contribution in [0.1, 0.15) is 15.7 Å². The van der Waals surface area contributed by atoms with Crippen molar-refractivity contribution >= 4 is 23.5 Å². The summed E-state index contributed by atoms with van der Waals surface area (Å²) in [7, 11) is 0. The van der Waals surface area contributed by atoms with Crippen molar-refractivity contribution in [2.24, 2.45) is 0 Å². The topological polar surface area (TPSA) is 30.2 Å². The molecule has 0 amide bonds. The van der Waals surface area contributed by atoms with Gasteiger partial charge in [-0.3, -0.25) is 0 Å². The van der Waals surface area contributed by atoms with Crippen LogP contribution >= 0.6 is 23.5 Å². The molecule has 0 atom stereocenters. The van der Waals surface area contributed by atoms with Crippen LogP contribution in [0.25, 0.3) is 11.3 Å². The zero-order valence-electron chi connectivity index (χ0n) is 10.6. The zero-order valence-corrected chi connectivity index (χ0v) is 12.2. The summed E-state index contributed by atoms with van der Waals surface area (Å²) in [4.78, 5) is 12.1. The van der Waals surface area contributed by atoms with E-state index in [1.54, 1.807) is 0 Å². The van der Waals surface area contributed by atoms with Gasteiger partial charge in [0, 0.05) is 17.1 Å². The molecule has 2 heterocycles. The van der Waals surface area contributed by atoms with Gasteiger partial charge in [0.2, 0.25) is 0 Å². The maximum absolute atomic E-state index is 12.1. The monoisotopic (exact) mass is 290 g/mol. The van der Waals surface area contributed by atoms with Crippen LogP contribution in [0.5, 0.6) is 0 Å². The van der Waals surface area contributed by atoms with E-state index in [-0.39, 0.29) is 10.2 Å². The number of hydrogen-bond acceptors (Lipinski definition) is 4. The second-order valence-electron chi connectivity index (χ2n) is 4.48. The number of benzene rings is 1. The Kier molecular flexibility index (Phi) is 3.71. The molecule has 1 saturated heterocycles. The van der Waals surface area contributed by atoms with E-state index in [0.717, 1.165) is 22.6 Å². The van der Waals surface area contributed by atoms with Gasteiger partial charge in [0.1, 0.15) is 5.76 Å². The number of aryl methyl sites for hydroxylation is 1. The fraction of sp³-hybridized carbons (Fsp3) is 0.267. The summed E-state index contributed by atoms with van der Waals surface area (Å²) < 4.78 is 5.70. The van der Waals surface area contributed by atoms with E-state index < -0.39 is 0 Å². The highest BCUT2D eigenvalue weighted by atomic mass is 32.2. The first-order valence-corrected chi connectivity index (χ1v) is 8.28. The average Bonchev–Trinajstić information content (AvgIpc) is 2.93. The number of hydrogen-bond donors (Lipinski definition) is 0. The molecule has 2 nitrogen and oxygen atoms in total. The Morgan fingerprint density at radius 1 is 1.05 bits per heavy atom. The smallest absolute Gasteiger partial charge is 0.341 e. The Morgan fingerprint density at radius 2 is 1.74 bits per heavy atom. The van der Waals surface area contributed by atoms with Crippen molar-refractivity contribution in [1.29, 1.82) is 0 Å². The van der Waals surface area contributed by atoms with Gasteiger partial charge in [0.15, 0.2) is 0 Å². The highest BCUT2D eigenvalue weighted by Crippen LogP contribution is 2.44. The van der Waals surface area contributed by atoms with Gasteiger partial charge in [-0.05, 0) is 19.1 Å². The maximum Gasteiger partial charge on any atom is 0.341 e. The van der Waals surface area contributed by atoms with Gasteiger partial charge >= 0.3 is 5.63 Å². The van der Waals surface area contributed by atoms with Gasteiger partial charge in [-0.25, -0.2) is 4.79 Å². The fourth-order valence-corrected chi connectivity index (χ4v) is 4.88. The predicted octanol–water partition coefficient (Wildman–Crippen LogP) is 4.09. The van der Waals surface area contributed by atoms with Crippen LogP contribution in [0.2, 0.25) is 0 Å². The van der Waals surface area contributed by atoms with E-state index in [9.17, 15) is 4.79 Å². The predicted molar refractivity (Wildman–Crippen MR) is 82.8 cm³/mol. The van der Waals surface area contributed by atoms with Gasteiger partial charge in [0.25, 0.3) is 0 Å². The molecule has 0 N–H and O–H groups in total. The lowest BCUT2D eigenvalue weighted by molar-refractivity contribution is 0.519. The Bertz CT molecular complexity index is 625. The van der Waals surface area contributed by atoms with Crippen LogP contribution in [0.15, 0.2) is 45.6 Å². The van der Waals surface area contributed by atoms with Gasteiger partial charge in [0.05, 0.1) is 10.1 Å². The van der Waals surface area contributed by atoms with E-state index >= 15 is 0 Å². The van der Waals surface area contributed by atoms with Crippen LogP contribution < -0.4 is 5.63 Å². The SMILES string of the molecule is Cc1ccc(-c2ccc(C3SCCS3)c(=O)o2)cc1. The second kappa shape index (κ2) is 5.47. The van der Waals surface area contributed by atoms with E-state index in [2.05, 4.69) is 0 Å². The molecule has 0 radical (unpaired) electrons. The van der Waals surface area contributed by atoms with Gasteiger partial charge in [-0.2, -0.15) is 0 Å². The molecular formula is C15H14O2S2. The van der Waals surface area contributed by atoms with Gasteiger partial charge in [-0.15, -0.1) is 23.5 Å². The number of rotatable bonds is 2. The first kappa shape index (κ1) is 12.9. The Labute approximate surface area is 120 Å². The third kappa shape index (κ3) is 2.74. The van der Waals surface area contributed by atoms with Crippen molar-refractivity contribution < 1.29 is 4.42 Å². The molecule has 1 aliphatic rings. The van der Waals surface area contributed by atoms with Crippen LogP contribution in [0.4, 0.5) is 0 Å². The first-order valence-electron chi connectivity index (χ1n) is 6.18. The molecule has 0 unspecified atom stereocenters. The molecule has 19 heavy (non-hydrogen) atoms. The van der Waals surface area contributed by atoms with E-state index in [1.165, 1.54) is 5.56 Å². The van der Waals surface area contributed by atoms with E-state index in [0.29, 0.717) is 5.76 Å². The summed E-state index contributed by atoms with van der Waals surface area (Å²) in [6, 6.07) is 11.8. The van der Waals surface area contributed by atoms with E-state index in [1.807, 2.05) is 66.8 Å². The highest BCUT2D eigenvalue weighted by molar-refractivity contribution is 8.19. The summed E-state index contributed by atoms with van der Waals surface area (Å²) in [5.41, 5.74) is 2.72. The van der Waals surface area contributed by atoms with Crippen LogP contribution in [0, 0.1) is 6.92 Å². The molecular weight excluding hydrogens is 276 g/mol. The minimum absolute atomic E-state index is 0.204. The molecule has 0 saturated carbocycles. The Hall–Kier alpha value is -1.13. The third-order valence-corrected chi connectivity index (χ3v) is 6.13.